The van der Waals surface area contributed by atoms with Crippen molar-refractivity contribution >= 4 is 17.9 Å². The number of carbonyl (C=O) groups is 2. The van der Waals surface area contributed by atoms with Crippen molar-refractivity contribution in [2.45, 2.75) is 32.2 Å². The van der Waals surface area contributed by atoms with Gasteiger partial charge in [-0.05, 0) is 60.6 Å². The molecule has 1 aliphatic rings. The Morgan fingerprint density at radius 2 is 1.91 bits per heavy atom. The number of aryl methyl sites for hydroxylation is 1. The van der Waals surface area contributed by atoms with Crippen LogP contribution in [0.3, 0.4) is 0 Å². The van der Waals surface area contributed by atoms with Crippen LogP contribution >= 0.6 is 0 Å². The summed E-state index contributed by atoms with van der Waals surface area (Å²) in [6, 6.07) is 17.5. The van der Waals surface area contributed by atoms with Gasteiger partial charge in [-0.15, -0.1) is 0 Å². The highest BCUT2D eigenvalue weighted by atomic mass is 16.2. The minimum Gasteiger partial charge on any atom is -0.351 e. The lowest BCUT2D eigenvalue weighted by atomic mass is 9.86. The van der Waals surface area contributed by atoms with Crippen LogP contribution in [0, 0.1) is 5.92 Å². The van der Waals surface area contributed by atoms with Gasteiger partial charge in [-0.2, -0.15) is 0 Å². The fraction of sp³-hybridized carbons (Fsp3) is 0.321. The molecule has 176 valence electrons. The zero-order chi connectivity index (χ0) is 24.1. The van der Waals surface area contributed by atoms with E-state index in [0.29, 0.717) is 18.7 Å². The highest BCUT2D eigenvalue weighted by Crippen LogP contribution is 2.30. The zero-order valence-electron chi connectivity index (χ0n) is 20.1. The Hall–Kier alpha value is -3.67. The van der Waals surface area contributed by atoms with Crippen LogP contribution in [0.5, 0.6) is 0 Å². The number of pyridine rings is 1. The summed E-state index contributed by atoms with van der Waals surface area (Å²) >= 11 is 0. The molecule has 0 radical (unpaired) electrons. The van der Waals surface area contributed by atoms with Gasteiger partial charge in [0.1, 0.15) is 5.69 Å². The van der Waals surface area contributed by atoms with Crippen molar-refractivity contribution in [3.05, 3.63) is 95.1 Å². The van der Waals surface area contributed by atoms with Crippen molar-refractivity contribution in [2.24, 2.45) is 13.0 Å². The summed E-state index contributed by atoms with van der Waals surface area (Å²) in [5.74, 6) is 0.00954. The summed E-state index contributed by atoms with van der Waals surface area (Å²) in [4.78, 5) is 32.1. The Kier molecular flexibility index (Phi) is 7.26. The standard InChI is InChI=1S/C28H32N4O2/c1-20-17-22-13-16-31(2)26(22)19-24(20)28(34)32(3)23(18-21-9-5-4-6-10-21)12-15-30-27(33)25-11-7-8-14-29-25/h4-11,13-14,16,19-20,23H,12,15,17-18H2,1-3H3,(H,30,33)/t20?,23-/m1/s1. The van der Waals surface area contributed by atoms with E-state index in [9.17, 15) is 9.59 Å². The van der Waals surface area contributed by atoms with Crippen molar-refractivity contribution in [1.82, 2.24) is 19.8 Å². The normalized spacial score (nSPS) is 15.7. The van der Waals surface area contributed by atoms with E-state index in [4.69, 9.17) is 0 Å². The van der Waals surface area contributed by atoms with E-state index < -0.39 is 0 Å². The number of benzene rings is 1. The van der Waals surface area contributed by atoms with Crippen LogP contribution in [0.15, 0.2) is 72.6 Å². The summed E-state index contributed by atoms with van der Waals surface area (Å²) in [6.07, 6.45) is 7.94. The van der Waals surface area contributed by atoms with Crippen molar-refractivity contribution in [3.63, 3.8) is 0 Å². The van der Waals surface area contributed by atoms with Crippen molar-refractivity contribution in [1.29, 1.82) is 0 Å². The first-order chi connectivity index (χ1) is 16.4. The predicted molar refractivity (Wildman–Crippen MR) is 134 cm³/mol. The van der Waals surface area contributed by atoms with E-state index in [2.05, 4.69) is 40.0 Å². The lowest BCUT2D eigenvalue weighted by molar-refractivity contribution is -0.128. The smallest absolute Gasteiger partial charge is 0.269 e. The first kappa shape index (κ1) is 23.5. The van der Waals surface area contributed by atoms with Crippen LogP contribution in [0.25, 0.3) is 6.08 Å². The molecule has 0 saturated heterocycles. The van der Waals surface area contributed by atoms with E-state index in [1.54, 1.807) is 24.4 Å². The number of aromatic nitrogens is 2. The number of rotatable bonds is 8. The summed E-state index contributed by atoms with van der Waals surface area (Å²) in [5.41, 5.74) is 4.79. The maximum atomic E-state index is 13.7. The number of carbonyl (C=O) groups excluding carboxylic acids is 2. The molecule has 2 amide bonds. The van der Waals surface area contributed by atoms with E-state index in [-0.39, 0.29) is 23.8 Å². The molecule has 0 fully saturated rings. The van der Waals surface area contributed by atoms with Gasteiger partial charge in [-0.25, -0.2) is 0 Å². The second-order valence-corrected chi connectivity index (χ2v) is 9.06. The van der Waals surface area contributed by atoms with Crippen LogP contribution in [0.1, 0.15) is 40.7 Å². The second-order valence-electron chi connectivity index (χ2n) is 9.06. The minimum absolute atomic E-state index is 0.0522. The topological polar surface area (TPSA) is 67.2 Å². The lowest BCUT2D eigenvalue weighted by Gasteiger charge is -2.32. The Bertz CT molecular complexity index is 1170. The molecule has 1 aliphatic carbocycles. The molecule has 6 nitrogen and oxygen atoms in total. The number of likely N-dealkylation sites (N-methyl/N-ethyl adjacent to an activating group) is 1. The second kappa shape index (κ2) is 10.5. The van der Waals surface area contributed by atoms with Gasteiger partial charge in [0.05, 0.1) is 0 Å². The molecular formula is C28H32N4O2. The van der Waals surface area contributed by atoms with Gasteiger partial charge in [0.25, 0.3) is 5.91 Å². The monoisotopic (exact) mass is 456 g/mol. The molecule has 1 unspecified atom stereocenters. The Morgan fingerprint density at radius 1 is 1.15 bits per heavy atom. The quantitative estimate of drug-likeness (QED) is 0.559. The third-order valence-corrected chi connectivity index (χ3v) is 6.65. The summed E-state index contributed by atoms with van der Waals surface area (Å²) in [5, 5.41) is 2.96. The van der Waals surface area contributed by atoms with Gasteiger partial charge in [0.2, 0.25) is 5.91 Å². The SMILES string of the molecule is CC1Cc2ccn(C)c2C=C1C(=O)N(C)[C@H](CCNC(=O)c1ccccn1)Cc1ccccc1. The maximum Gasteiger partial charge on any atom is 0.269 e. The molecular weight excluding hydrogens is 424 g/mol. The highest BCUT2D eigenvalue weighted by molar-refractivity contribution is 5.99. The molecule has 0 saturated carbocycles. The van der Waals surface area contributed by atoms with Crippen LogP contribution in [0.4, 0.5) is 0 Å². The van der Waals surface area contributed by atoms with Crippen molar-refractivity contribution < 1.29 is 9.59 Å². The largest absolute Gasteiger partial charge is 0.351 e. The third-order valence-electron chi connectivity index (χ3n) is 6.65. The summed E-state index contributed by atoms with van der Waals surface area (Å²) in [6.45, 7) is 2.58. The van der Waals surface area contributed by atoms with Crippen LogP contribution < -0.4 is 5.32 Å². The minimum atomic E-state index is -0.201. The van der Waals surface area contributed by atoms with Gasteiger partial charge in [0, 0.05) is 50.3 Å². The van der Waals surface area contributed by atoms with Crippen molar-refractivity contribution in [2.75, 3.05) is 13.6 Å². The average molecular weight is 457 g/mol. The Balaban J connectivity index is 1.49. The molecule has 0 aliphatic heterocycles. The average Bonchev–Trinajstić information content (AvgIpc) is 3.22. The highest BCUT2D eigenvalue weighted by Gasteiger charge is 2.29. The molecule has 2 aromatic heterocycles. The molecule has 1 aromatic carbocycles. The van der Waals surface area contributed by atoms with E-state index in [0.717, 1.165) is 24.1 Å². The maximum absolute atomic E-state index is 13.7. The molecule has 3 aromatic rings. The van der Waals surface area contributed by atoms with Crippen molar-refractivity contribution in [3.8, 4) is 0 Å². The first-order valence-electron chi connectivity index (χ1n) is 11.8. The van der Waals surface area contributed by atoms with Gasteiger partial charge in [0.15, 0.2) is 0 Å². The summed E-state index contributed by atoms with van der Waals surface area (Å²) in [7, 11) is 3.89. The lowest BCUT2D eigenvalue weighted by Crippen LogP contribution is -2.42. The number of hydrogen-bond donors (Lipinski definition) is 1. The zero-order valence-corrected chi connectivity index (χ0v) is 20.1. The fourth-order valence-corrected chi connectivity index (χ4v) is 4.59. The molecule has 2 heterocycles. The molecule has 34 heavy (non-hydrogen) atoms. The fourth-order valence-electron chi connectivity index (χ4n) is 4.59. The van der Waals surface area contributed by atoms with Gasteiger partial charge >= 0.3 is 0 Å². The van der Waals surface area contributed by atoms with E-state index in [1.165, 1.54) is 11.1 Å². The van der Waals surface area contributed by atoms with E-state index >= 15 is 0 Å². The Labute approximate surface area is 201 Å². The van der Waals surface area contributed by atoms with E-state index in [1.807, 2.05) is 49.5 Å². The molecule has 4 rings (SSSR count). The first-order valence-corrected chi connectivity index (χ1v) is 11.8. The summed E-state index contributed by atoms with van der Waals surface area (Å²) < 4.78 is 2.07. The molecule has 2 atom stereocenters. The molecule has 6 heteroatoms. The molecule has 0 spiro atoms. The van der Waals surface area contributed by atoms with Crippen LogP contribution in [-0.2, 0) is 24.7 Å². The number of hydrogen-bond acceptors (Lipinski definition) is 3. The predicted octanol–water partition coefficient (Wildman–Crippen LogP) is 3.89. The number of fused-ring (bicyclic) bond motifs is 1. The molecule has 0 bridgehead atoms. The third kappa shape index (κ3) is 5.28. The Morgan fingerprint density at radius 3 is 2.65 bits per heavy atom. The van der Waals surface area contributed by atoms with Gasteiger partial charge in [-0.3, -0.25) is 14.6 Å². The van der Waals surface area contributed by atoms with Crippen LogP contribution in [0.2, 0.25) is 0 Å². The van der Waals surface area contributed by atoms with Gasteiger partial charge < -0.3 is 14.8 Å². The number of nitrogens with one attached hydrogen (secondary N) is 1. The molecule has 1 N–H and O–H groups in total. The number of amides is 2. The number of nitrogens with zero attached hydrogens (tertiary/aromatic N) is 3. The van der Waals surface area contributed by atoms with Gasteiger partial charge in [-0.1, -0.05) is 43.3 Å². The van der Waals surface area contributed by atoms with Crippen LogP contribution in [-0.4, -0.2) is 45.9 Å².